The second-order valence-electron chi connectivity index (χ2n) is 5.19. The fourth-order valence-electron chi connectivity index (χ4n) is 3.81. The van der Waals surface area contributed by atoms with E-state index in [9.17, 15) is 14.7 Å². The van der Waals surface area contributed by atoms with Gasteiger partial charge in [-0.2, -0.15) is 0 Å². The predicted molar refractivity (Wildman–Crippen MR) is 53.3 cm³/mol. The number of fused-ring (bicyclic) bond motifs is 5. The summed E-state index contributed by atoms with van der Waals surface area (Å²) in [6, 6.07) is 0. The zero-order valence-corrected chi connectivity index (χ0v) is 9.40. The van der Waals surface area contributed by atoms with E-state index in [-0.39, 0.29) is 30.6 Å². The van der Waals surface area contributed by atoms with E-state index in [2.05, 4.69) is 0 Å². The van der Waals surface area contributed by atoms with E-state index in [0.717, 1.165) is 17.7 Å². The molecular weight excluding hydrogens is 210 g/mol. The van der Waals surface area contributed by atoms with Crippen LogP contribution in [0.5, 0.6) is 0 Å². The first kappa shape index (κ1) is 10.2. The van der Waals surface area contributed by atoms with Crippen molar-refractivity contribution in [2.45, 2.75) is 32.0 Å². The molecule has 2 bridgehead atoms. The van der Waals surface area contributed by atoms with Gasteiger partial charge in [0.25, 0.3) is 0 Å². The number of likely N-dealkylation sites (tertiary alicyclic amines) is 1. The molecular formula is C11H15NO4. The molecule has 2 amide bonds. The van der Waals surface area contributed by atoms with Crippen LogP contribution in [-0.2, 0) is 14.3 Å². The largest absolute Gasteiger partial charge is 0.395 e. The summed E-state index contributed by atoms with van der Waals surface area (Å²) in [5, 5.41) is 9.64. The van der Waals surface area contributed by atoms with Gasteiger partial charge in [0.15, 0.2) is 0 Å². The summed E-state index contributed by atoms with van der Waals surface area (Å²) in [5.41, 5.74) is -1.89. The number of imide groups is 1. The molecule has 3 saturated heterocycles. The van der Waals surface area contributed by atoms with Crippen LogP contribution in [0.15, 0.2) is 0 Å². The molecule has 5 nitrogen and oxygen atoms in total. The lowest BCUT2D eigenvalue weighted by atomic mass is 9.58. The Bertz CT molecular complexity index is 395. The van der Waals surface area contributed by atoms with Crippen molar-refractivity contribution in [2.75, 3.05) is 13.7 Å². The van der Waals surface area contributed by atoms with Crippen LogP contribution < -0.4 is 0 Å². The summed E-state index contributed by atoms with van der Waals surface area (Å²) in [6.07, 6.45) is 1.05. The van der Waals surface area contributed by atoms with Crippen LogP contribution in [0, 0.1) is 10.8 Å². The van der Waals surface area contributed by atoms with Crippen molar-refractivity contribution in [3.8, 4) is 0 Å². The molecule has 0 aromatic carbocycles. The minimum absolute atomic E-state index is 0.209. The van der Waals surface area contributed by atoms with Gasteiger partial charge in [-0.25, -0.2) is 0 Å². The van der Waals surface area contributed by atoms with Crippen molar-refractivity contribution in [3.05, 3.63) is 0 Å². The van der Waals surface area contributed by atoms with Crippen molar-refractivity contribution in [1.82, 2.24) is 4.90 Å². The molecule has 0 unspecified atom stereocenters. The minimum atomic E-state index is -1.03. The Morgan fingerprint density at radius 1 is 1.38 bits per heavy atom. The number of carbonyl (C=O) groups is 2. The van der Waals surface area contributed by atoms with Crippen LogP contribution in [0.1, 0.15) is 19.8 Å². The average molecular weight is 225 g/mol. The van der Waals surface area contributed by atoms with Gasteiger partial charge in [-0.1, -0.05) is 0 Å². The fraction of sp³-hybridized carbons (Fsp3) is 0.818. The van der Waals surface area contributed by atoms with Gasteiger partial charge in [0.2, 0.25) is 11.8 Å². The molecule has 0 aromatic heterocycles. The predicted octanol–water partition coefficient (Wildman–Crippen LogP) is -0.469. The molecule has 0 aliphatic carbocycles. The number of carbonyl (C=O) groups excluding carboxylic acids is 2. The second-order valence-corrected chi connectivity index (χ2v) is 5.19. The van der Waals surface area contributed by atoms with Crippen LogP contribution in [-0.4, -0.2) is 47.7 Å². The molecule has 3 rings (SSSR count). The summed E-state index contributed by atoms with van der Waals surface area (Å²) >= 11 is 0. The highest BCUT2D eigenvalue weighted by atomic mass is 16.5. The minimum Gasteiger partial charge on any atom is -0.395 e. The van der Waals surface area contributed by atoms with E-state index < -0.39 is 10.8 Å². The highest BCUT2D eigenvalue weighted by Gasteiger charge is 2.78. The molecule has 16 heavy (non-hydrogen) atoms. The maximum Gasteiger partial charge on any atom is 0.241 e. The van der Waals surface area contributed by atoms with Gasteiger partial charge in [0.05, 0.1) is 24.2 Å². The van der Waals surface area contributed by atoms with Crippen molar-refractivity contribution in [2.24, 2.45) is 10.8 Å². The Morgan fingerprint density at radius 3 is 2.56 bits per heavy atom. The van der Waals surface area contributed by atoms with Gasteiger partial charge in [0, 0.05) is 7.05 Å². The topological polar surface area (TPSA) is 66.8 Å². The van der Waals surface area contributed by atoms with Crippen molar-refractivity contribution < 1.29 is 19.4 Å². The molecule has 3 aliphatic heterocycles. The molecule has 88 valence electrons. The van der Waals surface area contributed by atoms with Gasteiger partial charge >= 0.3 is 0 Å². The number of hydrogen-bond donors (Lipinski definition) is 1. The monoisotopic (exact) mass is 225 g/mol. The van der Waals surface area contributed by atoms with Crippen LogP contribution in [0.4, 0.5) is 0 Å². The van der Waals surface area contributed by atoms with Crippen molar-refractivity contribution >= 4 is 11.8 Å². The molecule has 0 aromatic rings. The number of rotatable bonds is 1. The number of amides is 2. The highest BCUT2D eigenvalue weighted by Crippen LogP contribution is 2.63. The van der Waals surface area contributed by atoms with E-state index in [4.69, 9.17) is 4.74 Å². The molecule has 3 heterocycles. The summed E-state index contributed by atoms with van der Waals surface area (Å²) in [7, 11) is 1.49. The van der Waals surface area contributed by atoms with Gasteiger partial charge in [-0.15, -0.1) is 0 Å². The third-order valence-electron chi connectivity index (χ3n) is 4.82. The molecule has 1 N–H and O–H groups in total. The maximum absolute atomic E-state index is 12.2. The summed E-state index contributed by atoms with van der Waals surface area (Å²) in [4.78, 5) is 25.6. The molecule has 3 fully saturated rings. The number of hydrogen-bond acceptors (Lipinski definition) is 4. The average Bonchev–Trinajstić information content (AvgIpc) is 2.88. The zero-order valence-electron chi connectivity index (χ0n) is 9.40. The Labute approximate surface area is 93.4 Å². The van der Waals surface area contributed by atoms with E-state index in [1.54, 1.807) is 6.92 Å². The van der Waals surface area contributed by atoms with Gasteiger partial charge in [-0.05, 0) is 19.8 Å². The Kier molecular flexibility index (Phi) is 1.70. The first-order valence-corrected chi connectivity index (χ1v) is 5.59. The Hall–Kier alpha value is -0.940. The van der Waals surface area contributed by atoms with E-state index in [0.29, 0.717) is 0 Å². The molecule has 0 spiro atoms. The van der Waals surface area contributed by atoms with Crippen molar-refractivity contribution in [3.63, 3.8) is 0 Å². The summed E-state index contributed by atoms with van der Waals surface area (Å²) < 4.78 is 5.70. The van der Waals surface area contributed by atoms with Gasteiger partial charge < -0.3 is 9.84 Å². The SMILES string of the molecule is CN1C(=O)[C@@]2(C)[C@@H]3CC[C@@H](O3)[C@@]2(CO)C1=O. The zero-order chi connectivity index (χ0) is 11.7. The third-order valence-corrected chi connectivity index (χ3v) is 4.82. The first-order valence-electron chi connectivity index (χ1n) is 5.59. The van der Waals surface area contributed by atoms with Gasteiger partial charge in [0.1, 0.15) is 5.41 Å². The normalized spacial score (nSPS) is 50.3. The Morgan fingerprint density at radius 2 is 2.00 bits per heavy atom. The number of nitrogens with zero attached hydrogens (tertiary/aromatic N) is 1. The van der Waals surface area contributed by atoms with Crippen LogP contribution in [0.25, 0.3) is 0 Å². The highest BCUT2D eigenvalue weighted by molar-refractivity contribution is 6.10. The second kappa shape index (κ2) is 2.65. The van der Waals surface area contributed by atoms with Gasteiger partial charge in [-0.3, -0.25) is 14.5 Å². The van der Waals surface area contributed by atoms with Crippen LogP contribution >= 0.6 is 0 Å². The lowest BCUT2D eigenvalue weighted by Gasteiger charge is -2.37. The standard InChI is InChI=1S/C11H15NO4/c1-10-6-3-4-7(16-6)11(10,5-13)9(15)12(2)8(10)14/h6-7,13H,3-5H2,1-2H3/t6-,7+,10+,11-/m0/s1. The first-order chi connectivity index (χ1) is 7.50. The van der Waals surface area contributed by atoms with E-state index in [1.807, 2.05) is 0 Å². The van der Waals surface area contributed by atoms with Crippen LogP contribution in [0.3, 0.4) is 0 Å². The molecule has 3 aliphatic rings. The van der Waals surface area contributed by atoms with Crippen LogP contribution in [0.2, 0.25) is 0 Å². The number of aliphatic hydroxyl groups excluding tert-OH is 1. The van der Waals surface area contributed by atoms with E-state index >= 15 is 0 Å². The quantitative estimate of drug-likeness (QED) is 0.613. The fourth-order valence-corrected chi connectivity index (χ4v) is 3.81. The summed E-state index contributed by atoms with van der Waals surface area (Å²) in [6.45, 7) is 1.45. The molecule has 0 saturated carbocycles. The smallest absolute Gasteiger partial charge is 0.241 e. The molecule has 5 heteroatoms. The third kappa shape index (κ3) is 0.701. The lowest BCUT2D eigenvalue weighted by Crippen LogP contribution is -2.53. The number of ether oxygens (including phenoxy) is 1. The molecule has 4 atom stereocenters. The maximum atomic E-state index is 12.2. The number of aliphatic hydroxyl groups is 1. The van der Waals surface area contributed by atoms with E-state index in [1.165, 1.54) is 7.05 Å². The Balaban J connectivity index is 2.23. The molecule has 0 radical (unpaired) electrons. The summed E-state index contributed by atoms with van der Waals surface area (Å²) in [5.74, 6) is -0.492. The lowest BCUT2D eigenvalue weighted by molar-refractivity contribution is -0.144. The van der Waals surface area contributed by atoms with Crippen molar-refractivity contribution in [1.29, 1.82) is 0 Å².